The van der Waals surface area contributed by atoms with E-state index in [0.717, 1.165) is 0 Å². The number of nitrogens with two attached hydrogens (primary N) is 2. The number of benzene rings is 1. The van der Waals surface area contributed by atoms with Gasteiger partial charge in [0, 0.05) is 5.56 Å². The van der Waals surface area contributed by atoms with Crippen LogP contribution >= 0.6 is 0 Å². The summed E-state index contributed by atoms with van der Waals surface area (Å²) >= 11 is 0. The van der Waals surface area contributed by atoms with Crippen LogP contribution < -0.4 is 11.5 Å². The number of nitrogens with zero attached hydrogens (tertiary/aromatic N) is 1. The van der Waals surface area contributed by atoms with Crippen LogP contribution in [0.3, 0.4) is 0 Å². The van der Waals surface area contributed by atoms with Gasteiger partial charge in [-0.1, -0.05) is 18.2 Å². The Morgan fingerprint density at radius 3 is 2.54 bits per heavy atom. The predicted molar refractivity (Wildman–Crippen MR) is 50.6 cm³/mol. The third kappa shape index (κ3) is 2.43. The molecule has 0 fully saturated rings. The Balaban J connectivity index is 2.95. The van der Waals surface area contributed by atoms with Gasteiger partial charge in [0.05, 0.1) is 6.04 Å². The summed E-state index contributed by atoms with van der Waals surface area (Å²) in [5, 5.41) is 0. The van der Waals surface area contributed by atoms with Crippen LogP contribution in [0.4, 0.5) is 4.39 Å². The van der Waals surface area contributed by atoms with Crippen molar-refractivity contribution in [2.45, 2.75) is 13.0 Å². The zero-order valence-corrected chi connectivity index (χ0v) is 7.37. The third-order valence-corrected chi connectivity index (χ3v) is 1.70. The summed E-state index contributed by atoms with van der Waals surface area (Å²) in [7, 11) is 0. The minimum absolute atomic E-state index is 0.0317. The Morgan fingerprint density at radius 2 is 2.00 bits per heavy atom. The van der Waals surface area contributed by atoms with Crippen LogP contribution in [0.25, 0.3) is 0 Å². The molecule has 1 rings (SSSR count). The summed E-state index contributed by atoms with van der Waals surface area (Å²) in [5.41, 5.74) is 10.9. The fraction of sp³-hybridized carbons (Fsp3) is 0.222. The highest BCUT2D eigenvalue weighted by molar-refractivity contribution is 5.75. The van der Waals surface area contributed by atoms with E-state index in [-0.39, 0.29) is 17.8 Å². The molecule has 4 heteroatoms. The topological polar surface area (TPSA) is 64.4 Å². The Bertz CT molecular complexity index is 318. The third-order valence-electron chi connectivity index (χ3n) is 1.70. The van der Waals surface area contributed by atoms with Crippen LogP contribution in [0.2, 0.25) is 0 Å². The molecule has 1 aromatic carbocycles. The maximum Gasteiger partial charge on any atom is 0.186 e. The van der Waals surface area contributed by atoms with Crippen molar-refractivity contribution in [3.05, 3.63) is 35.6 Å². The lowest BCUT2D eigenvalue weighted by atomic mass is 10.1. The predicted octanol–water partition coefficient (Wildman–Crippen LogP) is 1.16. The van der Waals surface area contributed by atoms with Gasteiger partial charge in [-0.25, -0.2) is 9.38 Å². The summed E-state index contributed by atoms with van der Waals surface area (Å²) in [6.45, 7) is 1.73. The number of rotatable bonds is 2. The van der Waals surface area contributed by atoms with Gasteiger partial charge in [0.25, 0.3) is 0 Å². The normalized spacial score (nSPS) is 12.2. The van der Waals surface area contributed by atoms with E-state index in [4.69, 9.17) is 11.5 Å². The highest BCUT2D eigenvalue weighted by Crippen LogP contribution is 2.18. The molecule has 0 aliphatic carbocycles. The van der Waals surface area contributed by atoms with Crippen molar-refractivity contribution in [1.29, 1.82) is 0 Å². The van der Waals surface area contributed by atoms with E-state index in [1.807, 2.05) is 0 Å². The minimum atomic E-state index is -0.341. The van der Waals surface area contributed by atoms with Crippen molar-refractivity contribution in [2.75, 3.05) is 0 Å². The highest BCUT2D eigenvalue weighted by atomic mass is 19.1. The number of hydrogen-bond donors (Lipinski definition) is 2. The molecule has 13 heavy (non-hydrogen) atoms. The molecule has 0 bridgehead atoms. The summed E-state index contributed by atoms with van der Waals surface area (Å²) in [6, 6.07) is 6.07. The molecule has 1 aromatic rings. The van der Waals surface area contributed by atoms with E-state index in [1.54, 1.807) is 25.1 Å². The van der Waals surface area contributed by atoms with E-state index in [2.05, 4.69) is 4.99 Å². The maximum absolute atomic E-state index is 13.1. The standard InChI is InChI=1S/C9H12FN3/c1-6(13-9(11)12)7-4-2-3-5-8(7)10/h2-6H,1H3,(H4,11,12,13). The number of halogens is 1. The van der Waals surface area contributed by atoms with E-state index in [1.165, 1.54) is 6.07 Å². The van der Waals surface area contributed by atoms with Crippen molar-refractivity contribution < 1.29 is 4.39 Å². The summed E-state index contributed by atoms with van der Waals surface area (Å²) in [4.78, 5) is 3.84. The van der Waals surface area contributed by atoms with Crippen molar-refractivity contribution in [3.8, 4) is 0 Å². The van der Waals surface area contributed by atoms with Gasteiger partial charge in [-0.15, -0.1) is 0 Å². The van der Waals surface area contributed by atoms with Crippen LogP contribution in [0, 0.1) is 5.82 Å². The molecule has 1 unspecified atom stereocenters. The monoisotopic (exact) mass is 181 g/mol. The largest absolute Gasteiger partial charge is 0.370 e. The van der Waals surface area contributed by atoms with Gasteiger partial charge in [-0.3, -0.25) is 0 Å². The summed E-state index contributed by atoms with van der Waals surface area (Å²) in [5.74, 6) is -0.323. The minimum Gasteiger partial charge on any atom is -0.370 e. The molecule has 0 heterocycles. The van der Waals surface area contributed by atoms with Gasteiger partial charge in [-0.2, -0.15) is 0 Å². The average molecular weight is 181 g/mol. The molecule has 0 aromatic heterocycles. The fourth-order valence-corrected chi connectivity index (χ4v) is 1.11. The van der Waals surface area contributed by atoms with Gasteiger partial charge in [0.2, 0.25) is 0 Å². The average Bonchev–Trinajstić information content (AvgIpc) is 2.03. The molecule has 0 amide bonds. The molecule has 0 aliphatic heterocycles. The van der Waals surface area contributed by atoms with Crippen LogP contribution in [-0.4, -0.2) is 5.96 Å². The first-order chi connectivity index (χ1) is 6.11. The Morgan fingerprint density at radius 1 is 1.38 bits per heavy atom. The van der Waals surface area contributed by atoms with Crippen molar-refractivity contribution in [3.63, 3.8) is 0 Å². The quantitative estimate of drug-likeness (QED) is 0.531. The molecule has 0 spiro atoms. The van der Waals surface area contributed by atoms with Crippen LogP contribution in [-0.2, 0) is 0 Å². The van der Waals surface area contributed by atoms with E-state index in [9.17, 15) is 4.39 Å². The maximum atomic E-state index is 13.1. The first-order valence-electron chi connectivity index (χ1n) is 3.94. The van der Waals surface area contributed by atoms with E-state index in [0.29, 0.717) is 5.56 Å². The Labute approximate surface area is 76.3 Å². The first kappa shape index (κ1) is 9.51. The smallest absolute Gasteiger partial charge is 0.186 e. The molecule has 1 atom stereocenters. The van der Waals surface area contributed by atoms with Crippen LogP contribution in [0.1, 0.15) is 18.5 Å². The Hall–Kier alpha value is -1.58. The first-order valence-corrected chi connectivity index (χ1v) is 3.94. The molecule has 0 saturated carbocycles. The molecule has 0 radical (unpaired) electrons. The van der Waals surface area contributed by atoms with Gasteiger partial charge in [0.1, 0.15) is 5.82 Å². The number of guanidine groups is 1. The lowest BCUT2D eigenvalue weighted by Gasteiger charge is -2.07. The zero-order chi connectivity index (χ0) is 9.84. The molecule has 0 aliphatic rings. The lowest BCUT2D eigenvalue weighted by molar-refractivity contribution is 0.594. The zero-order valence-electron chi connectivity index (χ0n) is 7.37. The molecule has 0 saturated heterocycles. The molecule has 4 N–H and O–H groups in total. The Kier molecular flexibility index (Phi) is 2.84. The lowest BCUT2D eigenvalue weighted by Crippen LogP contribution is -2.23. The summed E-state index contributed by atoms with van der Waals surface area (Å²) < 4.78 is 13.1. The highest BCUT2D eigenvalue weighted by Gasteiger charge is 2.08. The van der Waals surface area contributed by atoms with Crippen molar-refractivity contribution >= 4 is 5.96 Å². The molecular formula is C9H12FN3. The second-order valence-electron chi connectivity index (χ2n) is 2.75. The molecular weight excluding hydrogens is 169 g/mol. The number of aliphatic imine (C=N–C) groups is 1. The van der Waals surface area contributed by atoms with E-state index >= 15 is 0 Å². The van der Waals surface area contributed by atoms with Gasteiger partial charge >= 0.3 is 0 Å². The second-order valence-corrected chi connectivity index (χ2v) is 2.75. The van der Waals surface area contributed by atoms with Crippen LogP contribution in [0.5, 0.6) is 0 Å². The number of hydrogen-bond acceptors (Lipinski definition) is 1. The van der Waals surface area contributed by atoms with Crippen LogP contribution in [0.15, 0.2) is 29.3 Å². The van der Waals surface area contributed by atoms with E-state index < -0.39 is 0 Å². The summed E-state index contributed by atoms with van der Waals surface area (Å²) in [6.07, 6.45) is 0. The van der Waals surface area contributed by atoms with Crippen molar-refractivity contribution in [1.82, 2.24) is 0 Å². The van der Waals surface area contributed by atoms with Crippen molar-refractivity contribution in [2.24, 2.45) is 16.5 Å². The SMILES string of the molecule is CC(N=C(N)N)c1ccccc1F. The fourth-order valence-electron chi connectivity index (χ4n) is 1.11. The molecule has 70 valence electrons. The van der Waals surface area contributed by atoms with Gasteiger partial charge in [-0.05, 0) is 13.0 Å². The van der Waals surface area contributed by atoms with Gasteiger partial charge < -0.3 is 11.5 Å². The van der Waals surface area contributed by atoms with Gasteiger partial charge in [0.15, 0.2) is 5.96 Å². The second kappa shape index (κ2) is 3.89. The molecule has 3 nitrogen and oxygen atoms in total.